The number of para-hydroxylation sites is 2. The van der Waals surface area contributed by atoms with E-state index in [-0.39, 0.29) is 40.7 Å². The molecule has 0 saturated heterocycles. The molecular weight excluding hydrogens is 505 g/mol. The molecule has 1 N–H and O–H groups in total. The summed E-state index contributed by atoms with van der Waals surface area (Å²) in [5.41, 5.74) is 0.0420. The zero-order chi connectivity index (χ0) is 25.8. The zero-order valence-corrected chi connectivity index (χ0v) is 21.3. The van der Waals surface area contributed by atoms with Crippen molar-refractivity contribution >= 4 is 33.5 Å². The Kier molecular flexibility index (Phi) is 15.0. The lowest BCUT2D eigenvalue weighted by Gasteiger charge is -2.20. The number of halogens is 1. The number of benzene rings is 2. The number of nitrogens with one attached hydrogen (secondary N) is 1. The topological polar surface area (TPSA) is 125 Å². The van der Waals surface area contributed by atoms with Crippen molar-refractivity contribution in [3.8, 4) is 5.75 Å². The Hall–Kier alpha value is -3.31. The summed E-state index contributed by atoms with van der Waals surface area (Å²) < 4.78 is 41.2. The SMILES string of the molecule is C.COC(C)C(=O)OC(CCCCC(C)=O)CC(=O)Nc1ccccc1S(=O)(=O)Oc1ccccc1.F. The van der Waals surface area contributed by atoms with Gasteiger partial charge in [0.05, 0.1) is 12.1 Å². The molecule has 0 bridgehead atoms. The van der Waals surface area contributed by atoms with Crippen molar-refractivity contribution in [1.82, 2.24) is 0 Å². The number of carbonyl (C=O) groups is 3. The fraction of sp³-hybridized carbons (Fsp3) is 0.423. The van der Waals surface area contributed by atoms with Crippen LogP contribution in [0.5, 0.6) is 5.75 Å². The van der Waals surface area contributed by atoms with Gasteiger partial charge >= 0.3 is 16.1 Å². The van der Waals surface area contributed by atoms with Gasteiger partial charge in [0.2, 0.25) is 5.91 Å². The van der Waals surface area contributed by atoms with Gasteiger partial charge in [-0.15, -0.1) is 0 Å². The fourth-order valence-corrected chi connectivity index (χ4v) is 4.24. The molecule has 2 aromatic carbocycles. The first kappa shape index (κ1) is 33.7. The number of esters is 1. The first-order valence-electron chi connectivity index (χ1n) is 11.2. The van der Waals surface area contributed by atoms with Gasteiger partial charge in [0.15, 0.2) is 6.10 Å². The van der Waals surface area contributed by atoms with E-state index in [4.69, 9.17) is 13.7 Å². The van der Waals surface area contributed by atoms with E-state index < -0.39 is 34.2 Å². The van der Waals surface area contributed by atoms with Crippen LogP contribution in [0.2, 0.25) is 0 Å². The highest BCUT2D eigenvalue weighted by Crippen LogP contribution is 2.25. The fourth-order valence-electron chi connectivity index (χ4n) is 3.15. The van der Waals surface area contributed by atoms with Crippen molar-refractivity contribution in [1.29, 1.82) is 0 Å². The third-order valence-corrected chi connectivity index (χ3v) is 6.37. The van der Waals surface area contributed by atoms with Gasteiger partial charge in [-0.05, 0) is 57.4 Å². The van der Waals surface area contributed by atoms with E-state index in [1.165, 1.54) is 51.3 Å². The minimum Gasteiger partial charge on any atom is -0.460 e. The van der Waals surface area contributed by atoms with Crippen LogP contribution >= 0.6 is 0 Å². The highest BCUT2D eigenvalue weighted by Gasteiger charge is 2.25. The van der Waals surface area contributed by atoms with E-state index in [1.54, 1.807) is 24.3 Å². The number of Topliss-reactive ketones (excluding diaryl/α,β-unsaturated/α-hetero) is 1. The summed E-state index contributed by atoms with van der Waals surface area (Å²) in [6.07, 6.45) is 0.157. The summed E-state index contributed by atoms with van der Waals surface area (Å²) in [5, 5.41) is 2.58. The number of anilines is 1. The molecule has 2 rings (SSSR count). The van der Waals surface area contributed by atoms with Crippen molar-refractivity contribution in [2.45, 2.75) is 70.5 Å². The van der Waals surface area contributed by atoms with Gasteiger partial charge in [0.1, 0.15) is 22.5 Å². The van der Waals surface area contributed by atoms with Crippen LogP contribution in [0.25, 0.3) is 0 Å². The van der Waals surface area contributed by atoms with Crippen LogP contribution in [0.15, 0.2) is 59.5 Å². The Balaban J connectivity index is 0.00000648. The van der Waals surface area contributed by atoms with Crippen LogP contribution < -0.4 is 9.50 Å². The minimum absolute atomic E-state index is 0. The molecule has 0 aliphatic heterocycles. The summed E-state index contributed by atoms with van der Waals surface area (Å²) in [4.78, 5) is 36.0. The van der Waals surface area contributed by atoms with E-state index in [9.17, 15) is 22.8 Å². The lowest BCUT2D eigenvalue weighted by atomic mass is 10.1. The molecule has 37 heavy (non-hydrogen) atoms. The standard InChI is InChI=1S/C25H31NO8S.CH4.FH/c1-18(27)11-7-8-14-21(33-25(29)19(2)32-3)17-24(28)26-22-15-9-10-16-23(22)35(30,31)34-20-12-5-4-6-13-20;;/h4-6,9-10,12-13,15-16,19,21H,7-8,11,14,17H2,1-3H3,(H,26,28);1H4;1H. The Bertz CT molecular complexity index is 1110. The third-order valence-electron chi connectivity index (χ3n) is 5.07. The summed E-state index contributed by atoms with van der Waals surface area (Å²) in [6.45, 7) is 3.03. The number of carbonyl (C=O) groups excluding carboxylic acids is 3. The van der Waals surface area contributed by atoms with E-state index in [0.29, 0.717) is 25.7 Å². The first-order valence-corrected chi connectivity index (χ1v) is 12.6. The summed E-state index contributed by atoms with van der Waals surface area (Å²) in [7, 11) is -2.86. The van der Waals surface area contributed by atoms with Crippen LogP contribution in [0.3, 0.4) is 0 Å². The molecule has 0 aliphatic rings. The molecule has 0 spiro atoms. The second-order valence-electron chi connectivity index (χ2n) is 7.98. The van der Waals surface area contributed by atoms with Crippen LogP contribution in [0, 0.1) is 0 Å². The van der Waals surface area contributed by atoms with Crippen molar-refractivity contribution < 1.29 is 41.2 Å². The van der Waals surface area contributed by atoms with Crippen LogP contribution in [-0.2, 0) is 34.0 Å². The number of amides is 1. The maximum atomic E-state index is 12.8. The molecule has 2 atom stereocenters. The number of hydrogen-bond acceptors (Lipinski definition) is 8. The van der Waals surface area contributed by atoms with Crippen LogP contribution in [-0.4, -0.2) is 45.4 Å². The molecule has 0 fully saturated rings. The molecule has 0 aliphatic carbocycles. The largest absolute Gasteiger partial charge is 0.460 e. The molecule has 0 saturated carbocycles. The average molecular weight is 542 g/mol. The molecule has 1 amide bonds. The molecular formula is C26H36FNO8S. The van der Waals surface area contributed by atoms with Crippen LogP contribution in [0.4, 0.5) is 10.4 Å². The number of hydrogen-bond donors (Lipinski definition) is 1. The van der Waals surface area contributed by atoms with E-state index in [0.717, 1.165) is 0 Å². The predicted molar refractivity (Wildman–Crippen MR) is 139 cm³/mol. The third kappa shape index (κ3) is 11.5. The number of methoxy groups -OCH3 is 1. The number of rotatable bonds is 14. The smallest absolute Gasteiger partial charge is 0.341 e. The molecule has 9 nitrogen and oxygen atoms in total. The summed E-state index contributed by atoms with van der Waals surface area (Å²) in [5.74, 6) is -0.962. The maximum Gasteiger partial charge on any atom is 0.341 e. The van der Waals surface area contributed by atoms with Crippen LogP contribution in [0.1, 0.15) is 53.4 Å². The van der Waals surface area contributed by atoms with Crippen molar-refractivity contribution in [3.05, 3.63) is 54.6 Å². The predicted octanol–water partition coefficient (Wildman–Crippen LogP) is 4.67. The normalized spacial score (nSPS) is 12.2. The Morgan fingerprint density at radius 1 is 0.973 bits per heavy atom. The second-order valence-corrected chi connectivity index (χ2v) is 9.50. The highest BCUT2D eigenvalue weighted by molar-refractivity contribution is 7.87. The van der Waals surface area contributed by atoms with Gasteiger partial charge in [0.25, 0.3) is 0 Å². The zero-order valence-electron chi connectivity index (χ0n) is 20.5. The van der Waals surface area contributed by atoms with Gasteiger partial charge in [-0.25, -0.2) is 4.79 Å². The molecule has 0 aromatic heterocycles. The number of ketones is 1. The second kappa shape index (κ2) is 16.4. The Labute approximate surface area is 218 Å². The molecule has 11 heteroatoms. The monoisotopic (exact) mass is 541 g/mol. The highest BCUT2D eigenvalue weighted by atomic mass is 32.2. The van der Waals surface area contributed by atoms with E-state index >= 15 is 0 Å². The molecule has 0 heterocycles. The quantitative estimate of drug-likeness (QED) is 0.208. The van der Waals surface area contributed by atoms with E-state index in [2.05, 4.69) is 5.32 Å². The molecule has 2 unspecified atom stereocenters. The van der Waals surface area contributed by atoms with Gasteiger partial charge in [-0.3, -0.25) is 9.50 Å². The van der Waals surface area contributed by atoms with Crippen molar-refractivity contribution in [3.63, 3.8) is 0 Å². The Morgan fingerprint density at radius 3 is 2.22 bits per heavy atom. The van der Waals surface area contributed by atoms with Crippen molar-refractivity contribution in [2.24, 2.45) is 0 Å². The lowest BCUT2D eigenvalue weighted by molar-refractivity contribution is -0.161. The maximum absolute atomic E-state index is 12.8. The van der Waals surface area contributed by atoms with Gasteiger partial charge in [-0.1, -0.05) is 37.8 Å². The molecule has 206 valence electrons. The summed E-state index contributed by atoms with van der Waals surface area (Å²) in [6, 6.07) is 13.9. The number of ether oxygens (including phenoxy) is 2. The van der Waals surface area contributed by atoms with Gasteiger partial charge in [-0.2, -0.15) is 8.42 Å². The number of unbranched alkanes of at least 4 members (excludes halogenated alkanes) is 1. The van der Waals surface area contributed by atoms with Gasteiger partial charge in [0, 0.05) is 13.5 Å². The minimum atomic E-state index is -4.23. The summed E-state index contributed by atoms with van der Waals surface area (Å²) >= 11 is 0. The Morgan fingerprint density at radius 2 is 1.59 bits per heavy atom. The average Bonchev–Trinajstić information content (AvgIpc) is 2.81. The molecule has 0 radical (unpaired) electrons. The van der Waals surface area contributed by atoms with Crippen molar-refractivity contribution in [2.75, 3.05) is 12.4 Å². The molecule has 2 aromatic rings. The van der Waals surface area contributed by atoms with E-state index in [1.807, 2.05) is 0 Å². The lowest BCUT2D eigenvalue weighted by Crippen LogP contribution is -2.30. The first-order chi connectivity index (χ1) is 16.6. The van der Waals surface area contributed by atoms with Gasteiger partial charge < -0.3 is 23.8 Å².